The van der Waals surface area contributed by atoms with E-state index in [1.165, 1.54) is 0 Å². The van der Waals surface area contributed by atoms with E-state index in [1.54, 1.807) is 18.6 Å². The monoisotopic (exact) mass is 308 g/mol. The lowest BCUT2D eigenvalue weighted by atomic mass is 10.1. The summed E-state index contributed by atoms with van der Waals surface area (Å²) < 4.78 is 5.26. The van der Waals surface area contributed by atoms with Crippen molar-refractivity contribution >= 4 is 6.09 Å². The van der Waals surface area contributed by atoms with Gasteiger partial charge in [0.2, 0.25) is 0 Å². The SMILES string of the molecule is CCCCC(CNC(=O)OC(C)(C)C)NCc1cnccn1. The number of hydrogen-bond donors (Lipinski definition) is 2. The van der Waals surface area contributed by atoms with Crippen molar-refractivity contribution in [3.63, 3.8) is 0 Å². The lowest BCUT2D eigenvalue weighted by Crippen LogP contribution is -2.42. The zero-order chi connectivity index (χ0) is 16.4. The summed E-state index contributed by atoms with van der Waals surface area (Å²) >= 11 is 0. The highest BCUT2D eigenvalue weighted by atomic mass is 16.6. The summed E-state index contributed by atoms with van der Waals surface area (Å²) in [6.07, 6.45) is 7.91. The van der Waals surface area contributed by atoms with Gasteiger partial charge in [-0.15, -0.1) is 0 Å². The van der Waals surface area contributed by atoms with Crippen LogP contribution >= 0.6 is 0 Å². The average Bonchev–Trinajstić information content (AvgIpc) is 2.45. The van der Waals surface area contributed by atoms with Gasteiger partial charge in [0.15, 0.2) is 0 Å². The number of hydrogen-bond acceptors (Lipinski definition) is 5. The van der Waals surface area contributed by atoms with Crippen LogP contribution in [0.25, 0.3) is 0 Å². The van der Waals surface area contributed by atoms with Gasteiger partial charge in [-0.25, -0.2) is 4.79 Å². The summed E-state index contributed by atoms with van der Waals surface area (Å²) in [7, 11) is 0. The standard InChI is InChI=1S/C16H28N4O2/c1-5-6-7-13(11-20-15(21)22-16(2,3)4)19-12-14-10-17-8-9-18-14/h8-10,13,19H,5-7,11-12H2,1-4H3,(H,20,21). The minimum absolute atomic E-state index is 0.189. The van der Waals surface area contributed by atoms with E-state index in [1.807, 2.05) is 20.8 Å². The zero-order valence-corrected chi connectivity index (χ0v) is 14.1. The predicted molar refractivity (Wildman–Crippen MR) is 86.4 cm³/mol. The van der Waals surface area contributed by atoms with Gasteiger partial charge in [-0.3, -0.25) is 9.97 Å². The molecule has 0 fully saturated rings. The van der Waals surface area contributed by atoms with Crippen LogP contribution in [0.3, 0.4) is 0 Å². The molecule has 1 aromatic heterocycles. The van der Waals surface area contributed by atoms with Crippen molar-refractivity contribution in [1.82, 2.24) is 20.6 Å². The number of nitrogens with zero attached hydrogens (tertiary/aromatic N) is 2. The van der Waals surface area contributed by atoms with Crippen LogP contribution < -0.4 is 10.6 Å². The largest absolute Gasteiger partial charge is 0.444 e. The first-order chi connectivity index (χ1) is 10.4. The lowest BCUT2D eigenvalue weighted by Gasteiger charge is -2.22. The molecule has 1 atom stereocenters. The van der Waals surface area contributed by atoms with Crippen LogP contribution in [0, 0.1) is 0 Å². The smallest absolute Gasteiger partial charge is 0.407 e. The van der Waals surface area contributed by atoms with Crippen LogP contribution in [0.1, 0.15) is 52.7 Å². The summed E-state index contributed by atoms with van der Waals surface area (Å²) in [5.74, 6) is 0. The molecule has 6 heteroatoms. The number of carbonyl (C=O) groups excluding carboxylic acids is 1. The number of nitrogens with one attached hydrogen (secondary N) is 2. The molecule has 0 aliphatic heterocycles. The molecule has 124 valence electrons. The molecular formula is C16H28N4O2. The average molecular weight is 308 g/mol. The second kappa shape index (κ2) is 9.35. The van der Waals surface area contributed by atoms with E-state index >= 15 is 0 Å². The van der Waals surface area contributed by atoms with Gasteiger partial charge in [-0.05, 0) is 27.2 Å². The molecule has 6 nitrogen and oxygen atoms in total. The first-order valence-corrected chi connectivity index (χ1v) is 7.86. The van der Waals surface area contributed by atoms with Crippen molar-refractivity contribution in [3.8, 4) is 0 Å². The molecule has 0 aliphatic rings. The molecule has 0 spiro atoms. The third-order valence-electron chi connectivity index (χ3n) is 2.99. The van der Waals surface area contributed by atoms with Crippen LogP contribution in [-0.4, -0.2) is 34.2 Å². The topological polar surface area (TPSA) is 76.1 Å². The van der Waals surface area contributed by atoms with Gasteiger partial charge in [-0.2, -0.15) is 0 Å². The maximum Gasteiger partial charge on any atom is 0.407 e. The summed E-state index contributed by atoms with van der Waals surface area (Å²) in [4.78, 5) is 20.0. The van der Waals surface area contributed by atoms with E-state index in [-0.39, 0.29) is 12.1 Å². The van der Waals surface area contributed by atoms with Crippen molar-refractivity contribution in [2.75, 3.05) is 6.54 Å². The molecule has 0 saturated heterocycles. The van der Waals surface area contributed by atoms with Crippen molar-refractivity contribution in [1.29, 1.82) is 0 Å². The Kier molecular flexibility index (Phi) is 7.80. The number of unbranched alkanes of at least 4 members (excludes halogenated alkanes) is 1. The molecule has 1 unspecified atom stereocenters. The Labute approximate surface area is 133 Å². The Balaban J connectivity index is 2.41. The number of amides is 1. The molecule has 0 aromatic carbocycles. The van der Waals surface area contributed by atoms with Crippen molar-refractivity contribution in [3.05, 3.63) is 24.3 Å². The highest BCUT2D eigenvalue weighted by Gasteiger charge is 2.17. The second-order valence-corrected chi connectivity index (χ2v) is 6.30. The van der Waals surface area contributed by atoms with E-state index in [4.69, 9.17) is 4.74 Å². The molecule has 2 N–H and O–H groups in total. The zero-order valence-electron chi connectivity index (χ0n) is 14.1. The minimum atomic E-state index is -0.476. The first kappa shape index (κ1) is 18.4. The molecule has 1 heterocycles. The lowest BCUT2D eigenvalue weighted by molar-refractivity contribution is 0.0521. The highest BCUT2D eigenvalue weighted by molar-refractivity contribution is 5.67. The highest BCUT2D eigenvalue weighted by Crippen LogP contribution is 2.07. The molecule has 0 saturated carbocycles. The van der Waals surface area contributed by atoms with Gasteiger partial charge in [-0.1, -0.05) is 19.8 Å². The first-order valence-electron chi connectivity index (χ1n) is 7.86. The normalized spacial score (nSPS) is 12.7. The van der Waals surface area contributed by atoms with Gasteiger partial charge in [0.05, 0.1) is 5.69 Å². The van der Waals surface area contributed by atoms with E-state index in [0.29, 0.717) is 13.1 Å². The van der Waals surface area contributed by atoms with Gasteiger partial charge in [0, 0.05) is 37.7 Å². The van der Waals surface area contributed by atoms with E-state index in [0.717, 1.165) is 25.0 Å². The molecule has 1 rings (SSSR count). The van der Waals surface area contributed by atoms with Crippen LogP contribution in [-0.2, 0) is 11.3 Å². The van der Waals surface area contributed by atoms with E-state index in [2.05, 4.69) is 27.5 Å². The Morgan fingerprint density at radius 1 is 1.36 bits per heavy atom. The van der Waals surface area contributed by atoms with E-state index < -0.39 is 5.60 Å². The number of carbonyl (C=O) groups is 1. The molecule has 0 bridgehead atoms. The number of rotatable bonds is 8. The fourth-order valence-corrected chi connectivity index (χ4v) is 1.92. The third kappa shape index (κ3) is 8.56. The fourth-order valence-electron chi connectivity index (χ4n) is 1.92. The fraction of sp³-hybridized carbons (Fsp3) is 0.688. The van der Waals surface area contributed by atoms with Crippen LogP contribution in [0.15, 0.2) is 18.6 Å². The molecule has 0 aliphatic carbocycles. The van der Waals surface area contributed by atoms with Crippen molar-refractivity contribution in [2.45, 2.75) is 65.1 Å². The molecule has 1 aromatic rings. The second-order valence-electron chi connectivity index (χ2n) is 6.30. The molecule has 22 heavy (non-hydrogen) atoms. The van der Waals surface area contributed by atoms with Crippen LogP contribution in [0.5, 0.6) is 0 Å². The maximum absolute atomic E-state index is 11.7. The number of ether oxygens (including phenoxy) is 1. The summed E-state index contributed by atoms with van der Waals surface area (Å²) in [5, 5.41) is 6.24. The Morgan fingerprint density at radius 2 is 2.14 bits per heavy atom. The van der Waals surface area contributed by atoms with Gasteiger partial charge in [0.1, 0.15) is 5.60 Å². The maximum atomic E-state index is 11.7. The number of aromatic nitrogens is 2. The Hall–Kier alpha value is -1.69. The van der Waals surface area contributed by atoms with Crippen LogP contribution in [0.4, 0.5) is 4.79 Å². The minimum Gasteiger partial charge on any atom is -0.444 e. The predicted octanol–water partition coefficient (Wildman–Crippen LogP) is 2.65. The van der Waals surface area contributed by atoms with E-state index in [9.17, 15) is 4.79 Å². The van der Waals surface area contributed by atoms with Crippen molar-refractivity contribution < 1.29 is 9.53 Å². The van der Waals surface area contributed by atoms with Crippen LogP contribution in [0.2, 0.25) is 0 Å². The molecular weight excluding hydrogens is 280 g/mol. The van der Waals surface area contributed by atoms with Crippen molar-refractivity contribution in [2.24, 2.45) is 0 Å². The number of alkyl carbamates (subject to hydrolysis) is 1. The summed E-state index contributed by atoms with van der Waals surface area (Å²) in [6, 6.07) is 0.189. The third-order valence-corrected chi connectivity index (χ3v) is 2.99. The molecule has 1 amide bonds. The Morgan fingerprint density at radius 3 is 2.73 bits per heavy atom. The quantitative estimate of drug-likeness (QED) is 0.772. The Bertz CT molecular complexity index is 432. The van der Waals surface area contributed by atoms with Gasteiger partial charge >= 0.3 is 6.09 Å². The summed E-state index contributed by atoms with van der Waals surface area (Å²) in [6.45, 7) is 8.89. The van der Waals surface area contributed by atoms with Gasteiger partial charge in [0.25, 0.3) is 0 Å². The summed E-state index contributed by atoms with van der Waals surface area (Å²) in [5.41, 5.74) is 0.414. The molecule has 0 radical (unpaired) electrons. The van der Waals surface area contributed by atoms with Gasteiger partial charge < -0.3 is 15.4 Å².